The average Bonchev–Trinajstić information content (AvgIpc) is 2.72. The highest BCUT2D eigenvalue weighted by molar-refractivity contribution is 7.80. The quantitative estimate of drug-likeness (QED) is 0.0880. The largest absolute Gasteiger partial charge is 0.726 e. The molecule has 0 N–H and O–H groups in total. The predicted molar refractivity (Wildman–Crippen MR) is 128 cm³/mol. The second kappa shape index (κ2) is 22.0. The van der Waals surface area contributed by atoms with Crippen molar-refractivity contribution in [1.82, 2.24) is 0 Å². The van der Waals surface area contributed by atoms with Crippen LogP contribution in [-0.2, 0) is 14.6 Å². The molecular formula is C24H53NO4S. The number of quaternary nitrogens is 1. The zero-order chi connectivity index (χ0) is 23.1. The van der Waals surface area contributed by atoms with E-state index in [1.54, 1.807) is 0 Å². The lowest BCUT2D eigenvalue weighted by Gasteiger charge is -2.33. The summed E-state index contributed by atoms with van der Waals surface area (Å²) < 4.78 is 32.3. The molecule has 184 valence electrons. The van der Waals surface area contributed by atoms with Crippen molar-refractivity contribution in [3.05, 3.63) is 0 Å². The molecule has 0 saturated carbocycles. The van der Waals surface area contributed by atoms with Gasteiger partial charge in [0.15, 0.2) is 0 Å². The molecule has 0 fully saturated rings. The van der Waals surface area contributed by atoms with Crippen LogP contribution in [0, 0.1) is 0 Å². The fourth-order valence-electron chi connectivity index (χ4n) is 3.68. The van der Waals surface area contributed by atoms with Gasteiger partial charge in [0, 0.05) is 0 Å². The third-order valence-electron chi connectivity index (χ3n) is 6.07. The molecular weight excluding hydrogens is 398 g/mol. The van der Waals surface area contributed by atoms with Gasteiger partial charge in [0.05, 0.1) is 33.8 Å². The second-order valence-corrected chi connectivity index (χ2v) is 10.1. The molecule has 0 bridgehead atoms. The Balaban J connectivity index is 0. The second-order valence-electron chi connectivity index (χ2n) is 8.91. The Kier molecular flexibility index (Phi) is 23.5. The fourth-order valence-corrected chi connectivity index (χ4v) is 3.68. The van der Waals surface area contributed by atoms with Crippen molar-refractivity contribution in [2.24, 2.45) is 0 Å². The Bertz CT molecular complexity index is 420. The van der Waals surface area contributed by atoms with E-state index in [2.05, 4.69) is 32.0 Å². The van der Waals surface area contributed by atoms with E-state index < -0.39 is 10.4 Å². The summed E-state index contributed by atoms with van der Waals surface area (Å²) in [6.45, 7) is 11.1. The van der Waals surface area contributed by atoms with Crippen molar-refractivity contribution in [3.8, 4) is 0 Å². The van der Waals surface area contributed by atoms with E-state index in [0.717, 1.165) is 7.11 Å². The van der Waals surface area contributed by atoms with Crippen molar-refractivity contribution >= 4 is 10.4 Å². The Labute approximate surface area is 189 Å². The molecule has 0 unspecified atom stereocenters. The highest BCUT2D eigenvalue weighted by Crippen LogP contribution is 2.14. The molecule has 0 saturated heterocycles. The molecule has 0 aliphatic rings. The van der Waals surface area contributed by atoms with Crippen LogP contribution >= 0.6 is 0 Å². The Morgan fingerprint density at radius 3 is 1.13 bits per heavy atom. The molecule has 0 spiro atoms. The summed E-state index contributed by atoms with van der Waals surface area (Å²) in [6, 6.07) is 0. The molecule has 0 heterocycles. The van der Waals surface area contributed by atoms with E-state index in [4.69, 9.17) is 0 Å². The SMILES string of the molecule is CCCCCCCCCC[N+](C)(CC)CCCCCCCCCC.COS(=O)(=O)[O-]. The van der Waals surface area contributed by atoms with Gasteiger partial charge in [-0.2, -0.15) is 0 Å². The van der Waals surface area contributed by atoms with Crippen LogP contribution < -0.4 is 0 Å². The van der Waals surface area contributed by atoms with Crippen LogP contribution in [0.15, 0.2) is 0 Å². The number of rotatable bonds is 20. The lowest BCUT2D eigenvalue weighted by Crippen LogP contribution is -2.45. The molecule has 0 aromatic rings. The summed E-state index contributed by atoms with van der Waals surface area (Å²) in [5.41, 5.74) is 0. The minimum absolute atomic E-state index is 0.808. The number of nitrogens with zero attached hydrogens (tertiary/aromatic N) is 1. The topological polar surface area (TPSA) is 66.4 Å². The zero-order valence-electron chi connectivity index (χ0n) is 20.9. The smallest absolute Gasteiger partial charge is 0.217 e. The molecule has 0 aliphatic carbocycles. The zero-order valence-corrected chi connectivity index (χ0v) is 21.7. The van der Waals surface area contributed by atoms with Crippen molar-refractivity contribution in [2.75, 3.05) is 33.8 Å². The van der Waals surface area contributed by atoms with Gasteiger partial charge in [-0.3, -0.25) is 4.18 Å². The van der Waals surface area contributed by atoms with E-state index in [1.165, 1.54) is 127 Å². The first kappa shape index (κ1) is 32.0. The van der Waals surface area contributed by atoms with E-state index in [1.807, 2.05) is 0 Å². The molecule has 30 heavy (non-hydrogen) atoms. The molecule has 0 amide bonds. The van der Waals surface area contributed by atoms with Gasteiger partial charge in [0.1, 0.15) is 0 Å². The maximum atomic E-state index is 9.22. The van der Waals surface area contributed by atoms with Gasteiger partial charge in [0.2, 0.25) is 10.4 Å². The van der Waals surface area contributed by atoms with Gasteiger partial charge in [-0.25, -0.2) is 8.42 Å². The molecule has 5 nitrogen and oxygen atoms in total. The van der Waals surface area contributed by atoms with Crippen molar-refractivity contribution in [2.45, 2.75) is 124 Å². The number of unbranched alkanes of at least 4 members (excludes halogenated alkanes) is 14. The molecule has 0 aliphatic heterocycles. The Morgan fingerprint density at radius 2 is 0.900 bits per heavy atom. The molecule has 0 rings (SSSR count). The standard InChI is InChI=1S/C23H50N.CH4O4S/c1-5-8-10-12-14-16-18-20-22-24(4,7-3)23-21-19-17-15-13-11-9-6-2;1-5-6(2,3)4/h5-23H2,1-4H3;1H3,(H,2,3,4)/q+1;/p-1. The Morgan fingerprint density at radius 1 is 0.633 bits per heavy atom. The minimum atomic E-state index is -4.41. The van der Waals surface area contributed by atoms with Crippen LogP contribution in [0.2, 0.25) is 0 Å². The fraction of sp³-hybridized carbons (Fsp3) is 1.00. The molecule has 0 radical (unpaired) electrons. The highest BCUT2D eigenvalue weighted by atomic mass is 32.3. The average molecular weight is 452 g/mol. The van der Waals surface area contributed by atoms with E-state index in [0.29, 0.717) is 0 Å². The lowest BCUT2D eigenvalue weighted by molar-refractivity contribution is -0.908. The first-order chi connectivity index (χ1) is 14.2. The molecule has 6 heteroatoms. The Hall–Kier alpha value is -0.170. The van der Waals surface area contributed by atoms with Gasteiger partial charge in [-0.15, -0.1) is 0 Å². The summed E-state index contributed by atoms with van der Waals surface area (Å²) in [6.07, 6.45) is 23.1. The first-order valence-corrected chi connectivity index (χ1v) is 13.9. The van der Waals surface area contributed by atoms with Gasteiger partial charge < -0.3 is 9.04 Å². The van der Waals surface area contributed by atoms with Gasteiger partial charge >= 0.3 is 0 Å². The lowest BCUT2D eigenvalue weighted by atomic mass is 10.1. The maximum absolute atomic E-state index is 9.22. The van der Waals surface area contributed by atoms with Crippen LogP contribution in [0.3, 0.4) is 0 Å². The maximum Gasteiger partial charge on any atom is 0.217 e. The summed E-state index contributed by atoms with van der Waals surface area (Å²) in [5.74, 6) is 0. The first-order valence-electron chi connectivity index (χ1n) is 12.6. The summed E-state index contributed by atoms with van der Waals surface area (Å²) in [5, 5.41) is 0. The van der Waals surface area contributed by atoms with Gasteiger partial charge in [-0.1, -0.05) is 90.9 Å². The number of hydrogen-bond acceptors (Lipinski definition) is 4. The number of hydrogen-bond donors (Lipinski definition) is 0. The highest BCUT2D eigenvalue weighted by Gasteiger charge is 2.17. The van der Waals surface area contributed by atoms with Crippen molar-refractivity contribution < 1.29 is 21.6 Å². The van der Waals surface area contributed by atoms with E-state index in [9.17, 15) is 13.0 Å². The third-order valence-corrected chi connectivity index (χ3v) is 6.48. The minimum Gasteiger partial charge on any atom is -0.726 e. The molecule has 0 atom stereocenters. The predicted octanol–water partition coefficient (Wildman–Crippen LogP) is 6.83. The van der Waals surface area contributed by atoms with Crippen molar-refractivity contribution in [3.63, 3.8) is 0 Å². The van der Waals surface area contributed by atoms with E-state index >= 15 is 0 Å². The van der Waals surface area contributed by atoms with E-state index in [-0.39, 0.29) is 0 Å². The summed E-state index contributed by atoms with van der Waals surface area (Å²) >= 11 is 0. The molecule has 0 aromatic carbocycles. The third kappa shape index (κ3) is 25.9. The van der Waals surface area contributed by atoms with Gasteiger partial charge in [-0.05, 0) is 32.6 Å². The molecule has 0 aromatic heterocycles. The van der Waals surface area contributed by atoms with Crippen LogP contribution in [0.1, 0.15) is 124 Å². The normalized spacial score (nSPS) is 11.9. The summed E-state index contributed by atoms with van der Waals surface area (Å²) in [4.78, 5) is 0. The van der Waals surface area contributed by atoms with Crippen LogP contribution in [0.5, 0.6) is 0 Å². The van der Waals surface area contributed by atoms with Crippen molar-refractivity contribution in [1.29, 1.82) is 0 Å². The monoisotopic (exact) mass is 451 g/mol. The van der Waals surface area contributed by atoms with Crippen LogP contribution in [0.25, 0.3) is 0 Å². The van der Waals surface area contributed by atoms with Gasteiger partial charge in [0.25, 0.3) is 0 Å². The van der Waals surface area contributed by atoms with Crippen LogP contribution in [-0.4, -0.2) is 51.2 Å². The summed E-state index contributed by atoms with van der Waals surface area (Å²) in [7, 11) is -1.12. The van der Waals surface area contributed by atoms with Crippen LogP contribution in [0.4, 0.5) is 0 Å².